The van der Waals surface area contributed by atoms with Crippen LogP contribution in [0, 0.1) is 6.92 Å². The topological polar surface area (TPSA) is 112 Å². The van der Waals surface area contributed by atoms with Gasteiger partial charge in [0.25, 0.3) is 5.91 Å². The molecule has 0 radical (unpaired) electrons. The molecule has 0 unspecified atom stereocenters. The van der Waals surface area contributed by atoms with Gasteiger partial charge in [0, 0.05) is 34.1 Å². The number of rotatable bonds is 8. The van der Waals surface area contributed by atoms with E-state index in [1.54, 1.807) is 57.6 Å². The molecule has 0 aliphatic carbocycles. The Morgan fingerprint density at radius 1 is 1.21 bits per heavy atom. The third-order valence-corrected chi connectivity index (χ3v) is 8.67. The van der Waals surface area contributed by atoms with Gasteiger partial charge in [-0.15, -0.1) is 11.3 Å². The summed E-state index contributed by atoms with van der Waals surface area (Å²) in [6, 6.07) is 12.1. The van der Waals surface area contributed by atoms with Gasteiger partial charge in [-0.25, -0.2) is 4.98 Å². The summed E-state index contributed by atoms with van der Waals surface area (Å²) >= 11 is 7.62. The van der Waals surface area contributed by atoms with Crippen LogP contribution >= 0.6 is 22.9 Å². The number of halogens is 1. The molecular formula is C28H29ClN6O3S. The van der Waals surface area contributed by atoms with Crippen molar-refractivity contribution in [3.05, 3.63) is 81.4 Å². The molecule has 4 heterocycles. The van der Waals surface area contributed by atoms with E-state index in [1.165, 1.54) is 0 Å². The van der Waals surface area contributed by atoms with E-state index < -0.39 is 11.6 Å². The van der Waals surface area contributed by atoms with Crippen LogP contribution in [-0.2, 0) is 17.4 Å². The number of aromatic nitrogens is 3. The highest BCUT2D eigenvalue weighted by molar-refractivity contribution is 7.16. The predicted molar refractivity (Wildman–Crippen MR) is 152 cm³/mol. The Hall–Kier alpha value is -3.73. The number of carbonyl (C=O) groups excluding carboxylic acids is 2. The number of thiophene rings is 1. The Bertz CT molecular complexity index is 1560. The summed E-state index contributed by atoms with van der Waals surface area (Å²) < 4.78 is 1.73. The number of aliphatic hydroxyl groups is 1. The second kappa shape index (κ2) is 10.4. The number of pyridine rings is 1. The standard InChI is InChI=1S/C28H29ClN6O3S/c1-16-13-30-23(33-24-8-9-31-34(24)4)12-19(16)22-11-20-26(39-22)28(2,3)35(27(20)38)14-25(37)32-21(15-36)17-6-5-7-18(29)10-17/h5-13,21,36H,14-15H2,1-4H3,(H,30,33)(H,32,37)/t21-/m1/s1. The first kappa shape index (κ1) is 26.9. The van der Waals surface area contributed by atoms with Crippen molar-refractivity contribution in [1.82, 2.24) is 25.0 Å². The fourth-order valence-electron chi connectivity index (χ4n) is 4.76. The number of benzene rings is 1. The smallest absolute Gasteiger partial charge is 0.256 e. The van der Waals surface area contributed by atoms with Crippen LogP contribution in [0.4, 0.5) is 11.6 Å². The molecule has 1 aliphatic heterocycles. The normalized spacial score (nSPS) is 14.8. The van der Waals surface area contributed by atoms with E-state index in [-0.39, 0.29) is 25.0 Å². The molecule has 3 N–H and O–H groups in total. The van der Waals surface area contributed by atoms with Gasteiger partial charge in [-0.3, -0.25) is 14.3 Å². The molecule has 202 valence electrons. The zero-order valence-corrected chi connectivity index (χ0v) is 23.6. The Balaban J connectivity index is 1.35. The van der Waals surface area contributed by atoms with Crippen molar-refractivity contribution in [1.29, 1.82) is 0 Å². The lowest BCUT2D eigenvalue weighted by Crippen LogP contribution is -2.46. The summed E-state index contributed by atoms with van der Waals surface area (Å²) in [4.78, 5) is 34.4. The van der Waals surface area contributed by atoms with Gasteiger partial charge in [0.2, 0.25) is 5.91 Å². The molecule has 0 saturated heterocycles. The van der Waals surface area contributed by atoms with E-state index >= 15 is 0 Å². The maximum Gasteiger partial charge on any atom is 0.256 e. The summed E-state index contributed by atoms with van der Waals surface area (Å²) in [6.45, 7) is 5.46. The molecule has 39 heavy (non-hydrogen) atoms. The summed E-state index contributed by atoms with van der Waals surface area (Å²) in [7, 11) is 1.85. The minimum absolute atomic E-state index is 0.132. The average Bonchev–Trinajstić information content (AvgIpc) is 3.57. The number of nitrogens with one attached hydrogen (secondary N) is 2. The molecule has 1 aromatic carbocycles. The number of carbonyl (C=O) groups is 2. The molecule has 1 atom stereocenters. The molecule has 11 heteroatoms. The second-order valence-corrected chi connectivity index (χ2v) is 11.5. The molecule has 3 aromatic heterocycles. The quantitative estimate of drug-likeness (QED) is 0.284. The largest absolute Gasteiger partial charge is 0.394 e. The summed E-state index contributed by atoms with van der Waals surface area (Å²) in [6.07, 6.45) is 3.52. The van der Waals surface area contributed by atoms with E-state index in [4.69, 9.17) is 11.6 Å². The van der Waals surface area contributed by atoms with Crippen LogP contribution in [0.5, 0.6) is 0 Å². The van der Waals surface area contributed by atoms with Crippen LogP contribution in [0.2, 0.25) is 5.02 Å². The van der Waals surface area contributed by atoms with E-state index in [1.807, 2.05) is 46.0 Å². The first-order valence-corrected chi connectivity index (χ1v) is 13.6. The molecule has 0 saturated carbocycles. The van der Waals surface area contributed by atoms with Crippen molar-refractivity contribution < 1.29 is 14.7 Å². The Labute approximate surface area is 235 Å². The zero-order chi connectivity index (χ0) is 27.9. The lowest BCUT2D eigenvalue weighted by atomic mass is 10.0. The van der Waals surface area contributed by atoms with Crippen LogP contribution in [0.25, 0.3) is 10.4 Å². The van der Waals surface area contributed by atoms with Crippen LogP contribution < -0.4 is 10.6 Å². The van der Waals surface area contributed by atoms with Gasteiger partial charge in [0.15, 0.2) is 0 Å². The highest BCUT2D eigenvalue weighted by Crippen LogP contribution is 2.46. The maximum atomic E-state index is 13.5. The van der Waals surface area contributed by atoms with Gasteiger partial charge in [-0.2, -0.15) is 5.10 Å². The van der Waals surface area contributed by atoms with E-state index in [0.29, 0.717) is 22.0 Å². The van der Waals surface area contributed by atoms with Crippen molar-refractivity contribution >= 4 is 46.4 Å². The van der Waals surface area contributed by atoms with Crippen LogP contribution in [-0.4, -0.2) is 49.7 Å². The molecule has 4 aromatic rings. The van der Waals surface area contributed by atoms with Crippen molar-refractivity contribution in [2.24, 2.45) is 7.05 Å². The Morgan fingerprint density at radius 3 is 2.67 bits per heavy atom. The lowest BCUT2D eigenvalue weighted by Gasteiger charge is -2.32. The average molecular weight is 565 g/mol. The third kappa shape index (κ3) is 5.15. The lowest BCUT2D eigenvalue weighted by molar-refractivity contribution is -0.123. The third-order valence-electron chi connectivity index (χ3n) is 6.95. The van der Waals surface area contributed by atoms with E-state index in [9.17, 15) is 14.7 Å². The molecule has 9 nitrogen and oxygen atoms in total. The monoisotopic (exact) mass is 564 g/mol. The van der Waals surface area contributed by atoms with Gasteiger partial charge in [0.05, 0.1) is 29.9 Å². The van der Waals surface area contributed by atoms with Crippen molar-refractivity contribution in [2.75, 3.05) is 18.5 Å². The van der Waals surface area contributed by atoms with Gasteiger partial charge >= 0.3 is 0 Å². The molecule has 0 fully saturated rings. The number of amides is 2. The zero-order valence-electron chi connectivity index (χ0n) is 22.0. The van der Waals surface area contributed by atoms with Crippen LogP contribution in [0.15, 0.2) is 54.9 Å². The highest BCUT2D eigenvalue weighted by Gasteiger charge is 2.45. The Morgan fingerprint density at radius 2 is 2.00 bits per heavy atom. The fraction of sp³-hybridized carbons (Fsp3) is 0.286. The highest BCUT2D eigenvalue weighted by atomic mass is 35.5. The number of anilines is 2. The van der Waals surface area contributed by atoms with Crippen LogP contribution in [0.3, 0.4) is 0 Å². The van der Waals surface area contributed by atoms with Crippen molar-refractivity contribution in [3.63, 3.8) is 0 Å². The predicted octanol–water partition coefficient (Wildman–Crippen LogP) is 4.79. The molecule has 0 bridgehead atoms. The number of fused-ring (bicyclic) bond motifs is 1. The SMILES string of the molecule is Cc1cnc(Nc2ccnn2C)cc1-c1cc2c(s1)C(C)(C)N(CC(=O)N[C@H](CO)c1cccc(Cl)c1)C2=O. The molecule has 1 aliphatic rings. The molecular weight excluding hydrogens is 536 g/mol. The van der Waals surface area contributed by atoms with Crippen LogP contribution in [0.1, 0.15) is 46.3 Å². The maximum absolute atomic E-state index is 13.5. The Kier molecular flexibility index (Phi) is 7.19. The molecule has 2 amide bonds. The van der Waals surface area contributed by atoms with Crippen molar-refractivity contribution in [2.45, 2.75) is 32.4 Å². The van der Waals surface area contributed by atoms with Gasteiger partial charge < -0.3 is 20.6 Å². The number of hydrogen-bond acceptors (Lipinski definition) is 7. The fourth-order valence-corrected chi connectivity index (χ4v) is 6.30. The van der Waals surface area contributed by atoms with Crippen molar-refractivity contribution in [3.8, 4) is 10.4 Å². The van der Waals surface area contributed by atoms with E-state index in [2.05, 4.69) is 20.7 Å². The summed E-state index contributed by atoms with van der Waals surface area (Å²) in [5, 5.41) is 20.7. The number of hydrogen-bond donors (Lipinski definition) is 3. The minimum atomic E-state index is -0.686. The number of aryl methyl sites for hydroxylation is 2. The number of aliphatic hydroxyl groups excluding tert-OH is 1. The van der Waals surface area contributed by atoms with Gasteiger partial charge in [-0.05, 0) is 61.7 Å². The molecule has 0 spiro atoms. The minimum Gasteiger partial charge on any atom is -0.394 e. The summed E-state index contributed by atoms with van der Waals surface area (Å²) in [5.41, 5.74) is 2.57. The second-order valence-electron chi connectivity index (χ2n) is 10.0. The van der Waals surface area contributed by atoms with Gasteiger partial charge in [0.1, 0.15) is 18.2 Å². The van der Waals surface area contributed by atoms with E-state index in [0.717, 1.165) is 26.7 Å². The van der Waals surface area contributed by atoms with Gasteiger partial charge in [-0.1, -0.05) is 23.7 Å². The molecule has 5 rings (SSSR count). The first-order valence-electron chi connectivity index (χ1n) is 12.4. The first-order chi connectivity index (χ1) is 18.6. The summed E-state index contributed by atoms with van der Waals surface area (Å²) in [5.74, 6) is 0.933. The number of nitrogens with zero attached hydrogens (tertiary/aromatic N) is 4.